The maximum absolute atomic E-state index is 5.77. The van der Waals surface area contributed by atoms with E-state index in [2.05, 4.69) is 46.6 Å². The quantitative estimate of drug-likeness (QED) is 0.728. The van der Waals surface area contributed by atoms with E-state index >= 15 is 0 Å². The van der Waals surface area contributed by atoms with Gasteiger partial charge in [-0.25, -0.2) is 0 Å². The lowest BCUT2D eigenvalue weighted by Gasteiger charge is -2.32. The molecule has 0 saturated heterocycles. The van der Waals surface area contributed by atoms with E-state index in [1.165, 1.54) is 0 Å². The minimum Gasteiger partial charge on any atom is -0.328 e. The van der Waals surface area contributed by atoms with E-state index in [1.54, 1.807) is 0 Å². The van der Waals surface area contributed by atoms with Crippen molar-refractivity contribution in [1.29, 1.82) is 0 Å². The molecule has 80 valence electrons. The van der Waals surface area contributed by atoms with Crippen LogP contribution in [0.3, 0.4) is 0 Å². The van der Waals surface area contributed by atoms with Gasteiger partial charge in [0.15, 0.2) is 0 Å². The Morgan fingerprint density at radius 1 is 1.23 bits per heavy atom. The van der Waals surface area contributed by atoms with Crippen LogP contribution in [0.15, 0.2) is 0 Å². The van der Waals surface area contributed by atoms with Crippen LogP contribution in [0.1, 0.15) is 41.0 Å². The summed E-state index contributed by atoms with van der Waals surface area (Å²) in [5.74, 6) is 0. The van der Waals surface area contributed by atoms with Crippen LogP contribution in [-0.2, 0) is 0 Å². The molecule has 0 aliphatic heterocycles. The van der Waals surface area contributed by atoms with Crippen LogP contribution in [0.25, 0.3) is 0 Å². The van der Waals surface area contributed by atoms with E-state index in [0.29, 0.717) is 17.5 Å². The number of rotatable bonds is 4. The summed E-state index contributed by atoms with van der Waals surface area (Å²) >= 11 is 0. The summed E-state index contributed by atoms with van der Waals surface area (Å²) in [5.41, 5.74) is 6.14. The van der Waals surface area contributed by atoms with Crippen LogP contribution in [0, 0.1) is 5.41 Å². The largest absolute Gasteiger partial charge is 0.328 e. The third-order valence-corrected chi connectivity index (χ3v) is 2.19. The molecule has 2 heteroatoms. The van der Waals surface area contributed by atoms with E-state index < -0.39 is 0 Å². The van der Waals surface area contributed by atoms with Crippen molar-refractivity contribution in [2.24, 2.45) is 11.1 Å². The SMILES string of the molecule is CC(N)CC(C)N(C)CC(C)(C)C. The van der Waals surface area contributed by atoms with Crippen LogP contribution in [-0.4, -0.2) is 30.6 Å². The van der Waals surface area contributed by atoms with Gasteiger partial charge in [-0.2, -0.15) is 0 Å². The monoisotopic (exact) mass is 186 g/mol. The molecule has 0 amide bonds. The molecule has 0 aromatic rings. The first-order valence-corrected chi connectivity index (χ1v) is 5.18. The van der Waals surface area contributed by atoms with E-state index in [0.717, 1.165) is 13.0 Å². The second-order valence-corrected chi connectivity index (χ2v) is 5.54. The highest BCUT2D eigenvalue weighted by atomic mass is 15.1. The molecular formula is C11H26N2. The number of hydrogen-bond acceptors (Lipinski definition) is 2. The number of nitrogens with two attached hydrogens (primary N) is 1. The highest BCUT2D eigenvalue weighted by molar-refractivity contribution is 4.73. The Labute approximate surface area is 83.5 Å². The molecule has 0 radical (unpaired) electrons. The van der Waals surface area contributed by atoms with Crippen LogP contribution < -0.4 is 5.73 Å². The summed E-state index contributed by atoms with van der Waals surface area (Å²) in [4.78, 5) is 2.39. The van der Waals surface area contributed by atoms with Gasteiger partial charge in [0.2, 0.25) is 0 Å². The lowest BCUT2D eigenvalue weighted by molar-refractivity contribution is 0.170. The van der Waals surface area contributed by atoms with Crippen molar-refractivity contribution in [2.45, 2.75) is 53.1 Å². The van der Waals surface area contributed by atoms with Gasteiger partial charge in [0, 0.05) is 18.6 Å². The molecule has 0 spiro atoms. The normalized spacial score (nSPS) is 17.5. The van der Waals surface area contributed by atoms with Gasteiger partial charge in [-0.15, -0.1) is 0 Å². The summed E-state index contributed by atoms with van der Waals surface area (Å²) in [6.45, 7) is 12.2. The average molecular weight is 186 g/mol. The fourth-order valence-electron chi connectivity index (χ4n) is 1.62. The predicted molar refractivity (Wildman–Crippen MR) is 59.8 cm³/mol. The van der Waals surface area contributed by atoms with Crippen molar-refractivity contribution in [3.63, 3.8) is 0 Å². The first-order chi connectivity index (χ1) is 5.72. The lowest BCUT2D eigenvalue weighted by Crippen LogP contribution is -2.38. The van der Waals surface area contributed by atoms with Crippen molar-refractivity contribution in [3.05, 3.63) is 0 Å². The van der Waals surface area contributed by atoms with E-state index in [-0.39, 0.29) is 0 Å². The first-order valence-electron chi connectivity index (χ1n) is 5.18. The van der Waals surface area contributed by atoms with Gasteiger partial charge in [-0.3, -0.25) is 0 Å². The third kappa shape index (κ3) is 7.03. The Bertz CT molecular complexity index is 136. The summed E-state index contributed by atoms with van der Waals surface area (Å²) in [5, 5.41) is 0. The molecule has 0 heterocycles. The van der Waals surface area contributed by atoms with Gasteiger partial charge in [0.05, 0.1) is 0 Å². The average Bonchev–Trinajstić information content (AvgIpc) is 1.81. The molecule has 0 aliphatic carbocycles. The molecule has 2 unspecified atom stereocenters. The van der Waals surface area contributed by atoms with Crippen molar-refractivity contribution in [2.75, 3.05) is 13.6 Å². The highest BCUT2D eigenvalue weighted by Gasteiger charge is 2.17. The Balaban J connectivity index is 3.89. The van der Waals surface area contributed by atoms with Crippen molar-refractivity contribution < 1.29 is 0 Å². The molecule has 0 fully saturated rings. The van der Waals surface area contributed by atoms with Crippen LogP contribution in [0.5, 0.6) is 0 Å². The maximum atomic E-state index is 5.77. The summed E-state index contributed by atoms with van der Waals surface area (Å²) in [6.07, 6.45) is 1.08. The van der Waals surface area contributed by atoms with Gasteiger partial charge in [0.1, 0.15) is 0 Å². The second kappa shape index (κ2) is 4.97. The molecular weight excluding hydrogens is 160 g/mol. The van der Waals surface area contributed by atoms with Gasteiger partial charge < -0.3 is 10.6 Å². The third-order valence-electron chi connectivity index (χ3n) is 2.19. The first kappa shape index (κ1) is 12.9. The second-order valence-electron chi connectivity index (χ2n) is 5.54. The van der Waals surface area contributed by atoms with Crippen LogP contribution >= 0.6 is 0 Å². The lowest BCUT2D eigenvalue weighted by atomic mass is 9.95. The zero-order valence-electron chi connectivity index (χ0n) is 10.1. The molecule has 2 N–H and O–H groups in total. The molecule has 0 saturated carbocycles. The Morgan fingerprint density at radius 2 is 1.69 bits per heavy atom. The van der Waals surface area contributed by atoms with E-state index in [4.69, 9.17) is 5.73 Å². The van der Waals surface area contributed by atoms with Crippen LogP contribution in [0.2, 0.25) is 0 Å². The molecule has 0 aromatic heterocycles. The topological polar surface area (TPSA) is 29.3 Å². The highest BCUT2D eigenvalue weighted by Crippen LogP contribution is 2.16. The van der Waals surface area contributed by atoms with Crippen molar-refractivity contribution >= 4 is 0 Å². The fourth-order valence-corrected chi connectivity index (χ4v) is 1.62. The Morgan fingerprint density at radius 3 is 2.00 bits per heavy atom. The predicted octanol–water partition coefficient (Wildman–Crippen LogP) is 2.09. The fraction of sp³-hybridized carbons (Fsp3) is 1.00. The summed E-state index contributed by atoms with van der Waals surface area (Å²) in [6, 6.07) is 0.886. The van der Waals surface area contributed by atoms with Gasteiger partial charge in [0.25, 0.3) is 0 Å². The molecule has 0 rings (SSSR count). The molecule has 0 aromatic carbocycles. The minimum absolute atomic E-state index is 0.303. The number of hydrogen-bond donors (Lipinski definition) is 1. The molecule has 2 atom stereocenters. The van der Waals surface area contributed by atoms with Crippen LogP contribution in [0.4, 0.5) is 0 Å². The molecule has 0 aliphatic rings. The molecule has 13 heavy (non-hydrogen) atoms. The Hall–Kier alpha value is -0.0800. The maximum Gasteiger partial charge on any atom is 0.00787 e. The van der Waals surface area contributed by atoms with Crippen molar-refractivity contribution in [1.82, 2.24) is 4.90 Å². The van der Waals surface area contributed by atoms with E-state index in [9.17, 15) is 0 Å². The van der Waals surface area contributed by atoms with Gasteiger partial charge in [-0.05, 0) is 32.7 Å². The smallest absolute Gasteiger partial charge is 0.00787 e. The zero-order valence-corrected chi connectivity index (χ0v) is 10.1. The molecule has 0 bridgehead atoms. The zero-order chi connectivity index (χ0) is 10.6. The Kier molecular flexibility index (Phi) is 4.93. The van der Waals surface area contributed by atoms with E-state index in [1.807, 2.05) is 0 Å². The van der Waals surface area contributed by atoms with Gasteiger partial charge in [-0.1, -0.05) is 20.8 Å². The summed E-state index contributed by atoms with van der Waals surface area (Å²) < 4.78 is 0. The van der Waals surface area contributed by atoms with Crippen molar-refractivity contribution in [3.8, 4) is 0 Å². The van der Waals surface area contributed by atoms with Gasteiger partial charge >= 0.3 is 0 Å². The minimum atomic E-state index is 0.303. The number of nitrogens with zero attached hydrogens (tertiary/aromatic N) is 1. The summed E-state index contributed by atoms with van der Waals surface area (Å²) in [7, 11) is 2.18. The molecule has 2 nitrogen and oxygen atoms in total. The standard InChI is InChI=1S/C11H26N2/c1-9(12)7-10(2)13(6)8-11(3,4)5/h9-10H,7-8,12H2,1-6H3.